The van der Waals surface area contributed by atoms with E-state index in [1.165, 1.54) is 23.0 Å². The van der Waals surface area contributed by atoms with Crippen molar-refractivity contribution in [3.8, 4) is 0 Å². The third-order valence-electron chi connectivity index (χ3n) is 4.67. The number of carbonyl (C=O) groups is 1. The van der Waals surface area contributed by atoms with Crippen molar-refractivity contribution in [1.29, 1.82) is 0 Å². The van der Waals surface area contributed by atoms with Crippen molar-refractivity contribution in [2.24, 2.45) is 4.99 Å². The van der Waals surface area contributed by atoms with Crippen molar-refractivity contribution in [2.45, 2.75) is 33.9 Å². The average molecular weight is 405 g/mol. The van der Waals surface area contributed by atoms with Gasteiger partial charge in [0.1, 0.15) is 0 Å². The SMILES string of the molecule is CCNC(=NCc1ccc(NC(=O)c2ccco2)cc1)NCc1ccc(C)cc1C. The van der Waals surface area contributed by atoms with Gasteiger partial charge in [-0.2, -0.15) is 0 Å². The van der Waals surface area contributed by atoms with Crippen LogP contribution in [0.1, 0.15) is 39.7 Å². The molecule has 2 aromatic carbocycles. The second kappa shape index (κ2) is 10.3. The van der Waals surface area contributed by atoms with Gasteiger partial charge >= 0.3 is 0 Å². The lowest BCUT2D eigenvalue weighted by Crippen LogP contribution is -2.36. The summed E-state index contributed by atoms with van der Waals surface area (Å²) >= 11 is 0. The molecule has 0 spiro atoms. The lowest BCUT2D eigenvalue weighted by Gasteiger charge is -2.13. The lowest BCUT2D eigenvalue weighted by atomic mass is 10.1. The summed E-state index contributed by atoms with van der Waals surface area (Å²) in [6, 6.07) is 17.4. The fourth-order valence-corrected chi connectivity index (χ4v) is 3.03. The molecule has 6 heteroatoms. The van der Waals surface area contributed by atoms with Crippen LogP contribution >= 0.6 is 0 Å². The van der Waals surface area contributed by atoms with Crippen molar-refractivity contribution in [1.82, 2.24) is 10.6 Å². The van der Waals surface area contributed by atoms with Crippen LogP contribution in [0.5, 0.6) is 0 Å². The zero-order valence-electron chi connectivity index (χ0n) is 17.7. The maximum absolute atomic E-state index is 12.0. The quantitative estimate of drug-likeness (QED) is 0.403. The van der Waals surface area contributed by atoms with Crippen LogP contribution in [0.25, 0.3) is 0 Å². The van der Waals surface area contributed by atoms with E-state index >= 15 is 0 Å². The van der Waals surface area contributed by atoms with Crippen molar-refractivity contribution < 1.29 is 9.21 Å². The normalized spacial score (nSPS) is 11.2. The molecule has 0 saturated heterocycles. The highest BCUT2D eigenvalue weighted by Crippen LogP contribution is 2.13. The molecule has 0 unspecified atom stereocenters. The number of hydrogen-bond acceptors (Lipinski definition) is 3. The number of benzene rings is 2. The molecular formula is C24H28N4O2. The summed E-state index contributed by atoms with van der Waals surface area (Å²) in [6.07, 6.45) is 1.48. The van der Waals surface area contributed by atoms with E-state index in [-0.39, 0.29) is 11.7 Å². The van der Waals surface area contributed by atoms with Gasteiger partial charge in [-0.25, -0.2) is 4.99 Å². The Morgan fingerprint density at radius 1 is 1.03 bits per heavy atom. The second-order valence-corrected chi connectivity index (χ2v) is 7.11. The summed E-state index contributed by atoms with van der Waals surface area (Å²) in [5, 5.41) is 9.48. The molecular weight excluding hydrogens is 376 g/mol. The first-order chi connectivity index (χ1) is 14.5. The summed E-state index contributed by atoms with van der Waals surface area (Å²) in [5.74, 6) is 0.789. The first kappa shape index (κ1) is 21.2. The number of rotatable bonds is 7. The zero-order chi connectivity index (χ0) is 21.3. The van der Waals surface area contributed by atoms with Crippen LogP contribution in [0, 0.1) is 13.8 Å². The molecule has 0 aliphatic carbocycles. The van der Waals surface area contributed by atoms with Crippen LogP contribution in [-0.2, 0) is 13.1 Å². The van der Waals surface area contributed by atoms with Gasteiger partial charge in [0.25, 0.3) is 5.91 Å². The van der Waals surface area contributed by atoms with Crippen molar-refractivity contribution in [3.63, 3.8) is 0 Å². The maximum Gasteiger partial charge on any atom is 0.291 e. The topological polar surface area (TPSA) is 78.7 Å². The standard InChI is InChI=1S/C24H28N4O2/c1-4-25-24(27-16-20-10-7-17(2)14-18(20)3)26-15-19-8-11-21(12-9-19)28-23(29)22-6-5-13-30-22/h5-14H,4,15-16H2,1-3H3,(H,28,29)(H2,25,26,27). The number of hydrogen-bond donors (Lipinski definition) is 3. The van der Waals surface area contributed by atoms with Crippen LogP contribution in [0.15, 0.2) is 70.3 Å². The van der Waals surface area contributed by atoms with Crippen LogP contribution < -0.4 is 16.0 Å². The van der Waals surface area contributed by atoms with Crippen LogP contribution in [-0.4, -0.2) is 18.4 Å². The Morgan fingerprint density at radius 2 is 1.83 bits per heavy atom. The Hall–Kier alpha value is -3.54. The predicted molar refractivity (Wildman–Crippen MR) is 121 cm³/mol. The van der Waals surface area contributed by atoms with Crippen molar-refractivity contribution in [2.75, 3.05) is 11.9 Å². The fraction of sp³-hybridized carbons (Fsp3) is 0.250. The van der Waals surface area contributed by atoms with E-state index in [0.717, 1.165) is 24.6 Å². The molecule has 1 heterocycles. The Morgan fingerprint density at radius 3 is 2.50 bits per heavy atom. The van der Waals surface area contributed by atoms with Gasteiger partial charge in [0, 0.05) is 18.8 Å². The Kier molecular flexibility index (Phi) is 7.27. The van der Waals surface area contributed by atoms with Gasteiger partial charge in [0.2, 0.25) is 0 Å². The number of nitrogens with zero attached hydrogens (tertiary/aromatic N) is 1. The molecule has 0 bridgehead atoms. The first-order valence-corrected chi connectivity index (χ1v) is 10.1. The maximum atomic E-state index is 12.0. The monoisotopic (exact) mass is 404 g/mol. The van der Waals surface area contributed by atoms with Crippen LogP contribution in [0.2, 0.25) is 0 Å². The highest BCUT2D eigenvalue weighted by atomic mass is 16.3. The van der Waals surface area contributed by atoms with E-state index in [2.05, 4.69) is 53.0 Å². The smallest absolute Gasteiger partial charge is 0.291 e. The molecule has 1 amide bonds. The molecule has 0 atom stereocenters. The van der Waals surface area contributed by atoms with E-state index in [9.17, 15) is 4.79 Å². The minimum Gasteiger partial charge on any atom is -0.459 e. The third kappa shape index (κ3) is 5.98. The summed E-state index contributed by atoms with van der Waals surface area (Å²) in [4.78, 5) is 16.7. The molecule has 0 aliphatic rings. The van der Waals surface area contributed by atoms with Crippen molar-refractivity contribution in [3.05, 3.63) is 88.9 Å². The number of anilines is 1. The van der Waals surface area contributed by atoms with Gasteiger partial charge in [-0.3, -0.25) is 4.79 Å². The number of amides is 1. The summed E-state index contributed by atoms with van der Waals surface area (Å²) in [7, 11) is 0. The number of aryl methyl sites for hydroxylation is 2. The zero-order valence-corrected chi connectivity index (χ0v) is 17.7. The highest BCUT2D eigenvalue weighted by molar-refractivity contribution is 6.02. The summed E-state index contributed by atoms with van der Waals surface area (Å²) in [5.41, 5.74) is 5.55. The fourth-order valence-electron chi connectivity index (χ4n) is 3.03. The molecule has 0 radical (unpaired) electrons. The Labute approximate surface area is 177 Å². The molecule has 0 saturated carbocycles. The van der Waals surface area contributed by atoms with Crippen LogP contribution in [0.4, 0.5) is 5.69 Å². The van der Waals surface area contributed by atoms with Gasteiger partial charge in [0.05, 0.1) is 12.8 Å². The van der Waals surface area contributed by atoms with E-state index < -0.39 is 0 Å². The Bertz CT molecular complexity index is 993. The minimum atomic E-state index is -0.268. The van der Waals surface area contributed by atoms with Gasteiger partial charge in [0.15, 0.2) is 11.7 Å². The van der Waals surface area contributed by atoms with E-state index in [0.29, 0.717) is 12.2 Å². The number of guanidine groups is 1. The molecule has 156 valence electrons. The predicted octanol–water partition coefficient (Wildman–Crippen LogP) is 4.40. The minimum absolute atomic E-state index is 0.268. The molecule has 6 nitrogen and oxygen atoms in total. The first-order valence-electron chi connectivity index (χ1n) is 10.1. The number of aliphatic imine (C=N–C) groups is 1. The van der Waals surface area contributed by atoms with Gasteiger partial charge in [-0.15, -0.1) is 0 Å². The van der Waals surface area contributed by atoms with E-state index in [1.54, 1.807) is 12.1 Å². The molecule has 3 N–H and O–H groups in total. The molecule has 1 aromatic heterocycles. The largest absolute Gasteiger partial charge is 0.459 e. The highest BCUT2D eigenvalue weighted by Gasteiger charge is 2.08. The third-order valence-corrected chi connectivity index (χ3v) is 4.67. The number of carbonyl (C=O) groups excluding carboxylic acids is 1. The van der Waals surface area contributed by atoms with Crippen molar-refractivity contribution >= 4 is 17.6 Å². The van der Waals surface area contributed by atoms with Crippen LogP contribution in [0.3, 0.4) is 0 Å². The number of furan rings is 1. The summed E-state index contributed by atoms with van der Waals surface area (Å²) in [6.45, 7) is 8.31. The van der Waals surface area contributed by atoms with E-state index in [4.69, 9.17) is 4.42 Å². The molecule has 3 rings (SSSR count). The molecule has 3 aromatic rings. The van der Waals surface area contributed by atoms with E-state index in [1.807, 2.05) is 31.2 Å². The van der Waals surface area contributed by atoms with Gasteiger partial charge < -0.3 is 20.4 Å². The Balaban J connectivity index is 1.57. The lowest BCUT2D eigenvalue weighted by molar-refractivity contribution is 0.0996. The average Bonchev–Trinajstić information content (AvgIpc) is 3.27. The van der Waals surface area contributed by atoms with Gasteiger partial charge in [-0.05, 0) is 61.7 Å². The molecule has 0 aliphatic heterocycles. The van der Waals surface area contributed by atoms with Gasteiger partial charge in [-0.1, -0.05) is 35.9 Å². The number of nitrogens with one attached hydrogen (secondary N) is 3. The molecule has 0 fully saturated rings. The molecule has 30 heavy (non-hydrogen) atoms. The summed E-state index contributed by atoms with van der Waals surface area (Å²) < 4.78 is 5.10. The second-order valence-electron chi connectivity index (χ2n) is 7.11.